The molecule has 1 N–H and O–H groups in total. The summed E-state index contributed by atoms with van der Waals surface area (Å²) in [4.78, 5) is 24.3. The molecule has 5 nitrogen and oxygen atoms in total. The molecule has 0 unspecified atom stereocenters. The molecule has 4 rings (SSSR count). The molecule has 0 bridgehead atoms. The first-order valence-corrected chi connectivity index (χ1v) is 8.69. The van der Waals surface area contributed by atoms with Crippen LogP contribution in [0.1, 0.15) is 27.9 Å². The number of carbonyl (C=O) groups is 2. The number of fused-ring (bicyclic) bond motifs is 2. The Morgan fingerprint density at radius 1 is 1.00 bits per heavy atom. The lowest BCUT2D eigenvalue weighted by atomic mass is 9.93. The molecule has 0 spiro atoms. The highest BCUT2D eigenvalue weighted by Crippen LogP contribution is 2.39. The normalized spacial score (nSPS) is 17.7. The number of nitrogens with one attached hydrogen (secondary N) is 1. The van der Waals surface area contributed by atoms with Gasteiger partial charge in [-0.3, -0.25) is 14.9 Å². The summed E-state index contributed by atoms with van der Waals surface area (Å²) in [5, 5.41) is 2.38. The molecule has 0 aromatic heterocycles. The predicted octanol–water partition coefficient (Wildman–Crippen LogP) is 3.42. The average molecular weight is 400 g/mol. The zero-order valence-corrected chi connectivity index (χ0v) is 14.8. The van der Waals surface area contributed by atoms with E-state index in [4.69, 9.17) is 9.47 Å². The van der Waals surface area contributed by atoms with Crippen molar-refractivity contribution >= 4 is 39.4 Å². The highest BCUT2D eigenvalue weighted by molar-refractivity contribution is 9.10. The highest BCUT2D eigenvalue weighted by Gasteiger charge is 2.27. The predicted molar refractivity (Wildman–Crippen MR) is 96.5 cm³/mol. The second kappa shape index (κ2) is 6.37. The Labute approximate surface area is 152 Å². The summed E-state index contributed by atoms with van der Waals surface area (Å²) < 4.78 is 12.2. The molecule has 2 aromatic carbocycles. The van der Waals surface area contributed by atoms with Crippen LogP contribution in [-0.4, -0.2) is 25.0 Å². The fourth-order valence-corrected chi connectivity index (χ4v) is 3.49. The van der Waals surface area contributed by atoms with Gasteiger partial charge >= 0.3 is 0 Å². The van der Waals surface area contributed by atoms with Crippen LogP contribution in [-0.2, 0) is 4.79 Å². The lowest BCUT2D eigenvalue weighted by molar-refractivity contribution is -0.114. The van der Waals surface area contributed by atoms with Gasteiger partial charge in [0.25, 0.3) is 11.8 Å². The topological polar surface area (TPSA) is 64.6 Å². The summed E-state index contributed by atoms with van der Waals surface area (Å²) in [5.41, 5.74) is 2.34. The number of amides is 2. The minimum Gasteiger partial charge on any atom is -0.489 e. The molecule has 0 radical (unpaired) electrons. The Hall–Kier alpha value is -2.60. The number of imide groups is 1. The van der Waals surface area contributed by atoms with Gasteiger partial charge in [0.2, 0.25) is 0 Å². The maximum Gasteiger partial charge on any atom is 0.258 e. The van der Waals surface area contributed by atoms with Crippen molar-refractivity contribution in [1.82, 2.24) is 5.32 Å². The molecule has 6 heteroatoms. The van der Waals surface area contributed by atoms with Crippen molar-refractivity contribution < 1.29 is 19.1 Å². The number of ether oxygens (including phenoxy) is 2. The third kappa shape index (κ3) is 2.93. The number of carbonyl (C=O) groups excluding carboxylic acids is 2. The first kappa shape index (κ1) is 15.9. The van der Waals surface area contributed by atoms with Crippen LogP contribution in [0.4, 0.5) is 0 Å². The second-order valence-electron chi connectivity index (χ2n) is 5.77. The molecule has 2 amide bonds. The molecule has 126 valence electrons. The van der Waals surface area contributed by atoms with Crippen LogP contribution in [0.15, 0.2) is 40.9 Å². The summed E-state index contributed by atoms with van der Waals surface area (Å²) in [7, 11) is 0. The van der Waals surface area contributed by atoms with Crippen molar-refractivity contribution in [2.75, 3.05) is 13.2 Å². The third-order valence-corrected chi connectivity index (χ3v) is 4.66. The van der Waals surface area contributed by atoms with E-state index in [1.165, 1.54) is 0 Å². The molecule has 0 aliphatic carbocycles. The summed E-state index contributed by atoms with van der Waals surface area (Å²) in [6.07, 6.45) is 2.56. The lowest BCUT2D eigenvalue weighted by Crippen LogP contribution is -2.36. The van der Waals surface area contributed by atoms with Crippen LogP contribution in [0.5, 0.6) is 11.5 Å². The summed E-state index contributed by atoms with van der Waals surface area (Å²) in [6, 6.07) is 10.8. The average Bonchev–Trinajstić information content (AvgIpc) is 2.84. The molecule has 2 heterocycles. The molecule has 25 heavy (non-hydrogen) atoms. The molecule has 2 aliphatic rings. The first-order valence-electron chi connectivity index (χ1n) is 7.89. The van der Waals surface area contributed by atoms with E-state index >= 15 is 0 Å². The Balaban J connectivity index is 1.82. The Kier molecular flexibility index (Phi) is 4.05. The van der Waals surface area contributed by atoms with Crippen molar-refractivity contribution in [2.45, 2.75) is 6.42 Å². The van der Waals surface area contributed by atoms with Gasteiger partial charge in [-0.25, -0.2) is 0 Å². The SMILES string of the molecule is O=C1NC(=O)c2ccccc2C1=Cc1cc(Br)c2c(c1)OCCCO2. The van der Waals surface area contributed by atoms with Gasteiger partial charge in [0.05, 0.1) is 17.7 Å². The fraction of sp³-hybridized carbons (Fsp3) is 0.158. The van der Waals surface area contributed by atoms with Gasteiger partial charge < -0.3 is 9.47 Å². The van der Waals surface area contributed by atoms with Crippen molar-refractivity contribution in [1.29, 1.82) is 0 Å². The van der Waals surface area contributed by atoms with Crippen molar-refractivity contribution in [3.63, 3.8) is 0 Å². The van der Waals surface area contributed by atoms with Crippen LogP contribution in [0.3, 0.4) is 0 Å². The molecule has 0 saturated heterocycles. The number of halogens is 1. The number of benzene rings is 2. The largest absolute Gasteiger partial charge is 0.489 e. The van der Waals surface area contributed by atoms with Crippen LogP contribution in [0.25, 0.3) is 11.6 Å². The zero-order valence-electron chi connectivity index (χ0n) is 13.2. The van der Waals surface area contributed by atoms with E-state index in [-0.39, 0.29) is 5.91 Å². The smallest absolute Gasteiger partial charge is 0.258 e. The molecule has 2 aromatic rings. The van der Waals surface area contributed by atoms with Crippen LogP contribution >= 0.6 is 15.9 Å². The van der Waals surface area contributed by atoms with Gasteiger partial charge in [0.15, 0.2) is 11.5 Å². The summed E-state index contributed by atoms with van der Waals surface area (Å²) in [5.74, 6) is 0.521. The molecule has 2 aliphatic heterocycles. The van der Waals surface area contributed by atoms with Gasteiger partial charge in [0, 0.05) is 17.6 Å². The maximum absolute atomic E-state index is 12.3. The van der Waals surface area contributed by atoms with E-state index < -0.39 is 5.91 Å². The monoisotopic (exact) mass is 399 g/mol. The Morgan fingerprint density at radius 3 is 2.60 bits per heavy atom. The van der Waals surface area contributed by atoms with E-state index in [9.17, 15) is 9.59 Å². The number of hydrogen-bond acceptors (Lipinski definition) is 4. The molecule has 0 saturated carbocycles. The van der Waals surface area contributed by atoms with E-state index in [1.807, 2.05) is 18.2 Å². The van der Waals surface area contributed by atoms with Crippen LogP contribution in [0.2, 0.25) is 0 Å². The van der Waals surface area contributed by atoms with E-state index in [0.29, 0.717) is 41.4 Å². The number of rotatable bonds is 1. The maximum atomic E-state index is 12.3. The lowest BCUT2D eigenvalue weighted by Gasteiger charge is -2.18. The summed E-state index contributed by atoms with van der Waals surface area (Å²) >= 11 is 3.50. The van der Waals surface area contributed by atoms with Crippen LogP contribution < -0.4 is 14.8 Å². The van der Waals surface area contributed by atoms with Gasteiger partial charge in [-0.15, -0.1) is 0 Å². The van der Waals surface area contributed by atoms with E-state index in [2.05, 4.69) is 21.2 Å². The van der Waals surface area contributed by atoms with Gasteiger partial charge in [-0.05, 0) is 51.3 Å². The van der Waals surface area contributed by atoms with Gasteiger partial charge in [-0.1, -0.05) is 18.2 Å². The van der Waals surface area contributed by atoms with Gasteiger partial charge in [0.1, 0.15) is 0 Å². The standard InChI is InChI=1S/C19H14BrNO4/c20-15-9-11(10-16-17(15)25-7-3-6-24-16)8-14-12-4-1-2-5-13(12)18(22)21-19(14)23/h1-2,4-5,8-10H,3,6-7H2,(H,21,22,23). The zero-order chi connectivity index (χ0) is 17.4. The summed E-state index contributed by atoms with van der Waals surface area (Å²) in [6.45, 7) is 1.18. The molecular weight excluding hydrogens is 386 g/mol. The highest BCUT2D eigenvalue weighted by atomic mass is 79.9. The van der Waals surface area contributed by atoms with Crippen LogP contribution in [0, 0.1) is 0 Å². The quantitative estimate of drug-likeness (QED) is 0.589. The van der Waals surface area contributed by atoms with E-state index in [1.54, 1.807) is 24.3 Å². The molecule has 0 atom stereocenters. The van der Waals surface area contributed by atoms with Crippen molar-refractivity contribution in [3.05, 3.63) is 57.6 Å². The van der Waals surface area contributed by atoms with Crippen molar-refractivity contribution in [3.8, 4) is 11.5 Å². The molecule has 0 fully saturated rings. The Morgan fingerprint density at radius 2 is 1.76 bits per heavy atom. The van der Waals surface area contributed by atoms with Crippen molar-refractivity contribution in [2.24, 2.45) is 0 Å². The number of hydrogen-bond donors (Lipinski definition) is 1. The van der Waals surface area contributed by atoms with E-state index in [0.717, 1.165) is 16.5 Å². The second-order valence-corrected chi connectivity index (χ2v) is 6.62. The molecular formula is C19H14BrNO4. The van der Waals surface area contributed by atoms with Gasteiger partial charge in [-0.2, -0.15) is 0 Å². The Bertz CT molecular complexity index is 920. The first-order chi connectivity index (χ1) is 12.1. The fourth-order valence-electron chi connectivity index (χ4n) is 2.92. The minimum atomic E-state index is -0.410. The third-order valence-electron chi connectivity index (χ3n) is 4.07. The minimum absolute atomic E-state index is 0.377.